The average Bonchev–Trinajstić information content (AvgIpc) is 2.46. The van der Waals surface area contributed by atoms with Crippen molar-refractivity contribution in [3.8, 4) is 22.6 Å². The molecule has 2 aromatic carbocycles. The Hall–Kier alpha value is -2.05. The number of benzene rings is 2. The molecule has 0 bridgehead atoms. The fourth-order valence-corrected chi connectivity index (χ4v) is 3.41. The predicted octanol–water partition coefficient (Wildman–Crippen LogP) is 2.65. The summed E-state index contributed by atoms with van der Waals surface area (Å²) in [5.74, 6) is 1.13. The van der Waals surface area contributed by atoms with Crippen LogP contribution in [0.5, 0.6) is 11.5 Å². The van der Waals surface area contributed by atoms with Crippen LogP contribution in [0.1, 0.15) is 18.5 Å². The lowest BCUT2D eigenvalue weighted by molar-refractivity contribution is 0.415. The molecule has 1 N–H and O–H groups in total. The van der Waals surface area contributed by atoms with Gasteiger partial charge in [0.1, 0.15) is 5.75 Å². The Bertz CT molecular complexity index is 769. The number of nitrogens with one attached hydrogen (secondary N) is 1. The molecule has 0 spiro atoms. The molecule has 6 heteroatoms. The minimum Gasteiger partial charge on any atom is -0.497 e. The molecule has 1 atom stereocenters. The zero-order chi connectivity index (χ0) is 15.0. The van der Waals surface area contributed by atoms with Gasteiger partial charge in [-0.15, -0.1) is 0 Å². The maximum atomic E-state index is 11.8. The first-order chi connectivity index (χ1) is 10.00. The Morgan fingerprint density at radius 1 is 1.14 bits per heavy atom. The van der Waals surface area contributed by atoms with Crippen LogP contribution in [-0.4, -0.2) is 15.5 Å². The van der Waals surface area contributed by atoms with Crippen LogP contribution >= 0.6 is 0 Å². The third-order valence-corrected chi connectivity index (χ3v) is 4.46. The van der Waals surface area contributed by atoms with Gasteiger partial charge in [-0.1, -0.05) is 30.3 Å². The van der Waals surface area contributed by atoms with Crippen LogP contribution < -0.4 is 13.6 Å². The maximum Gasteiger partial charge on any atom is 0.383 e. The van der Waals surface area contributed by atoms with Crippen molar-refractivity contribution in [2.75, 3.05) is 7.11 Å². The summed E-state index contributed by atoms with van der Waals surface area (Å²) in [5.41, 5.74) is 2.43. The summed E-state index contributed by atoms with van der Waals surface area (Å²) in [6.45, 7) is 1.79. The first kappa shape index (κ1) is 13.9. The van der Waals surface area contributed by atoms with E-state index < -0.39 is 10.3 Å². The summed E-state index contributed by atoms with van der Waals surface area (Å²) in [6, 6.07) is 12.7. The van der Waals surface area contributed by atoms with Crippen LogP contribution in [0.15, 0.2) is 42.5 Å². The van der Waals surface area contributed by atoms with E-state index in [2.05, 4.69) is 4.72 Å². The van der Waals surface area contributed by atoms with Crippen molar-refractivity contribution >= 4 is 10.3 Å². The van der Waals surface area contributed by atoms with Crippen LogP contribution in [-0.2, 0) is 10.3 Å². The number of hydrogen-bond acceptors (Lipinski definition) is 4. The van der Waals surface area contributed by atoms with Gasteiger partial charge in [-0.25, -0.2) is 0 Å². The molecule has 0 radical (unpaired) electrons. The molecular weight excluding hydrogens is 290 g/mol. The number of methoxy groups -OCH3 is 1. The van der Waals surface area contributed by atoms with E-state index in [9.17, 15) is 8.42 Å². The number of rotatable bonds is 2. The van der Waals surface area contributed by atoms with E-state index in [4.69, 9.17) is 8.92 Å². The quantitative estimate of drug-likeness (QED) is 0.926. The van der Waals surface area contributed by atoms with Gasteiger partial charge in [0.05, 0.1) is 13.2 Å². The summed E-state index contributed by atoms with van der Waals surface area (Å²) in [7, 11) is -2.16. The van der Waals surface area contributed by atoms with Crippen molar-refractivity contribution in [2.24, 2.45) is 0 Å². The van der Waals surface area contributed by atoms with E-state index in [-0.39, 0.29) is 6.04 Å². The van der Waals surface area contributed by atoms with Crippen LogP contribution in [0.3, 0.4) is 0 Å². The Morgan fingerprint density at radius 2 is 1.86 bits per heavy atom. The molecule has 3 rings (SSSR count). The van der Waals surface area contributed by atoms with Gasteiger partial charge in [0.2, 0.25) is 0 Å². The topological polar surface area (TPSA) is 64.6 Å². The summed E-state index contributed by atoms with van der Waals surface area (Å²) in [6.07, 6.45) is 0. The number of ether oxygens (including phenoxy) is 1. The second kappa shape index (κ2) is 5.05. The van der Waals surface area contributed by atoms with E-state index >= 15 is 0 Å². The predicted molar refractivity (Wildman–Crippen MR) is 79.5 cm³/mol. The molecule has 0 saturated carbocycles. The van der Waals surface area contributed by atoms with Crippen LogP contribution in [0, 0.1) is 0 Å². The molecule has 1 aliphatic heterocycles. The van der Waals surface area contributed by atoms with Crippen molar-refractivity contribution in [1.82, 2.24) is 4.72 Å². The van der Waals surface area contributed by atoms with E-state index in [1.807, 2.05) is 42.5 Å². The van der Waals surface area contributed by atoms with E-state index in [1.54, 1.807) is 14.0 Å². The molecule has 21 heavy (non-hydrogen) atoms. The van der Waals surface area contributed by atoms with Crippen molar-refractivity contribution in [3.05, 3.63) is 48.0 Å². The van der Waals surface area contributed by atoms with Gasteiger partial charge < -0.3 is 8.92 Å². The highest BCUT2D eigenvalue weighted by Crippen LogP contribution is 2.39. The molecule has 0 aromatic heterocycles. The van der Waals surface area contributed by atoms with Gasteiger partial charge in [-0.05, 0) is 24.6 Å². The van der Waals surface area contributed by atoms with Gasteiger partial charge in [0.15, 0.2) is 5.75 Å². The normalized spacial score (nSPS) is 19.4. The summed E-state index contributed by atoms with van der Waals surface area (Å²) in [4.78, 5) is 0. The Morgan fingerprint density at radius 3 is 2.52 bits per heavy atom. The number of para-hydroxylation sites is 1. The fourth-order valence-electron chi connectivity index (χ4n) is 2.40. The molecule has 0 saturated heterocycles. The van der Waals surface area contributed by atoms with Gasteiger partial charge in [-0.3, -0.25) is 0 Å². The van der Waals surface area contributed by atoms with Crippen molar-refractivity contribution in [1.29, 1.82) is 0 Å². The average molecular weight is 305 g/mol. The molecule has 0 amide bonds. The number of hydrogen-bond donors (Lipinski definition) is 1. The largest absolute Gasteiger partial charge is 0.497 e. The lowest BCUT2D eigenvalue weighted by Crippen LogP contribution is -2.35. The van der Waals surface area contributed by atoms with Crippen LogP contribution in [0.2, 0.25) is 0 Å². The molecule has 110 valence electrons. The highest BCUT2D eigenvalue weighted by molar-refractivity contribution is 7.85. The highest BCUT2D eigenvalue weighted by Gasteiger charge is 2.29. The molecular formula is C15H15NO4S. The second-order valence-electron chi connectivity index (χ2n) is 4.83. The minimum absolute atomic E-state index is 0.322. The van der Waals surface area contributed by atoms with Crippen molar-refractivity contribution in [3.63, 3.8) is 0 Å². The Balaban J connectivity index is 2.14. The maximum absolute atomic E-state index is 11.8. The first-order valence-corrected chi connectivity index (χ1v) is 7.90. The molecule has 1 unspecified atom stereocenters. The van der Waals surface area contributed by atoms with E-state index in [1.165, 1.54) is 0 Å². The van der Waals surface area contributed by atoms with Gasteiger partial charge >= 0.3 is 10.3 Å². The van der Waals surface area contributed by atoms with Gasteiger partial charge in [-0.2, -0.15) is 13.1 Å². The summed E-state index contributed by atoms with van der Waals surface area (Å²) < 4.78 is 36.2. The Kier molecular flexibility index (Phi) is 3.35. The van der Waals surface area contributed by atoms with Crippen molar-refractivity contribution in [2.45, 2.75) is 13.0 Å². The van der Waals surface area contributed by atoms with Gasteiger partial charge in [0.25, 0.3) is 0 Å². The molecule has 5 nitrogen and oxygen atoms in total. The van der Waals surface area contributed by atoms with Crippen LogP contribution in [0.25, 0.3) is 11.1 Å². The lowest BCUT2D eigenvalue weighted by atomic mass is 9.98. The smallest absolute Gasteiger partial charge is 0.383 e. The Labute approximate surface area is 123 Å². The monoisotopic (exact) mass is 305 g/mol. The molecule has 0 aliphatic carbocycles. The zero-order valence-electron chi connectivity index (χ0n) is 11.7. The van der Waals surface area contributed by atoms with Gasteiger partial charge in [0, 0.05) is 11.1 Å². The fraction of sp³-hybridized carbons (Fsp3) is 0.200. The van der Waals surface area contributed by atoms with Crippen molar-refractivity contribution < 1.29 is 17.3 Å². The zero-order valence-corrected chi connectivity index (χ0v) is 12.5. The lowest BCUT2D eigenvalue weighted by Gasteiger charge is -2.25. The van der Waals surface area contributed by atoms with E-state index in [0.29, 0.717) is 5.75 Å². The molecule has 2 aromatic rings. The SMILES string of the molecule is COc1ccc(-c2cccc3c2OS(=O)(=O)NC3C)cc1. The standard InChI is InChI=1S/C15H15NO4S/c1-10-13-4-3-5-14(15(13)20-21(17,18)16-10)11-6-8-12(19-2)9-7-11/h3-10,16H,1-2H3. The first-order valence-electron chi connectivity index (χ1n) is 6.49. The van der Waals surface area contributed by atoms with E-state index in [0.717, 1.165) is 22.4 Å². The summed E-state index contributed by atoms with van der Waals surface area (Å²) >= 11 is 0. The third-order valence-electron chi connectivity index (χ3n) is 3.43. The number of fused-ring (bicyclic) bond motifs is 1. The summed E-state index contributed by atoms with van der Waals surface area (Å²) in [5, 5.41) is 0. The molecule has 0 fully saturated rings. The molecule has 1 aliphatic rings. The highest BCUT2D eigenvalue weighted by atomic mass is 32.2. The second-order valence-corrected chi connectivity index (χ2v) is 6.14. The minimum atomic E-state index is -3.76. The van der Waals surface area contributed by atoms with Crippen LogP contribution in [0.4, 0.5) is 0 Å². The molecule has 1 heterocycles. The third kappa shape index (κ3) is 2.59.